The smallest absolute Gasteiger partial charge is 0.247 e. The maximum absolute atomic E-state index is 13.9. The fourth-order valence-corrected chi connectivity index (χ4v) is 7.24. The molecule has 3 N–H and O–H groups in total. The highest BCUT2D eigenvalue weighted by Crippen LogP contribution is 2.55. The SMILES string of the molecule is CC(C)(NS(=O)(=O)c1c(F)cccc1F)C(=O)NC1C2CC3CC1CC(O)(C3)C2. The summed E-state index contributed by atoms with van der Waals surface area (Å²) < 4.78 is 55.2. The Morgan fingerprint density at radius 3 is 2.21 bits per heavy atom. The molecule has 4 aliphatic rings. The Bertz CT molecular complexity index is 914. The minimum Gasteiger partial charge on any atom is -0.390 e. The summed E-state index contributed by atoms with van der Waals surface area (Å²) in [6.07, 6.45) is 3.97. The summed E-state index contributed by atoms with van der Waals surface area (Å²) in [6.45, 7) is 2.73. The lowest BCUT2D eigenvalue weighted by molar-refractivity contribution is -0.148. The van der Waals surface area contributed by atoms with Crippen LogP contribution in [-0.2, 0) is 14.8 Å². The van der Waals surface area contributed by atoms with Crippen molar-refractivity contribution in [3.05, 3.63) is 29.8 Å². The summed E-state index contributed by atoms with van der Waals surface area (Å²) in [4.78, 5) is 11.8. The number of rotatable bonds is 5. The van der Waals surface area contributed by atoms with E-state index in [2.05, 4.69) is 10.0 Å². The van der Waals surface area contributed by atoms with Crippen molar-refractivity contribution in [2.24, 2.45) is 17.8 Å². The lowest BCUT2D eigenvalue weighted by Gasteiger charge is -2.58. The van der Waals surface area contributed by atoms with Gasteiger partial charge in [0, 0.05) is 6.04 Å². The molecular weight excluding hydrogens is 402 g/mol. The number of hydrogen-bond donors (Lipinski definition) is 3. The predicted octanol–water partition coefficient (Wildman–Crippen LogP) is 2.08. The number of aliphatic hydroxyl groups is 1. The van der Waals surface area contributed by atoms with Crippen molar-refractivity contribution in [2.75, 3.05) is 0 Å². The van der Waals surface area contributed by atoms with Crippen molar-refractivity contribution in [3.63, 3.8) is 0 Å². The number of hydrogen-bond acceptors (Lipinski definition) is 4. The lowest BCUT2D eigenvalue weighted by atomic mass is 9.52. The van der Waals surface area contributed by atoms with Crippen molar-refractivity contribution < 1.29 is 27.1 Å². The van der Waals surface area contributed by atoms with Crippen LogP contribution in [-0.4, -0.2) is 36.6 Å². The Kier molecular flexibility index (Phi) is 4.79. The maximum atomic E-state index is 13.9. The van der Waals surface area contributed by atoms with Gasteiger partial charge < -0.3 is 10.4 Å². The van der Waals surface area contributed by atoms with E-state index in [1.165, 1.54) is 13.8 Å². The van der Waals surface area contributed by atoms with Crippen molar-refractivity contribution in [1.82, 2.24) is 10.0 Å². The topological polar surface area (TPSA) is 95.5 Å². The first-order chi connectivity index (χ1) is 13.4. The minimum atomic E-state index is -4.60. The van der Waals surface area contributed by atoms with Gasteiger partial charge in [0.15, 0.2) is 4.90 Å². The largest absolute Gasteiger partial charge is 0.390 e. The molecule has 2 unspecified atom stereocenters. The molecule has 4 saturated carbocycles. The zero-order valence-electron chi connectivity index (χ0n) is 16.4. The van der Waals surface area contributed by atoms with Crippen molar-refractivity contribution in [2.45, 2.75) is 68.0 Å². The molecule has 29 heavy (non-hydrogen) atoms. The summed E-state index contributed by atoms with van der Waals surface area (Å²) in [5, 5.41) is 13.6. The van der Waals surface area contributed by atoms with E-state index in [4.69, 9.17) is 0 Å². The van der Waals surface area contributed by atoms with Gasteiger partial charge in [-0.25, -0.2) is 17.2 Å². The highest BCUT2D eigenvalue weighted by molar-refractivity contribution is 7.89. The van der Waals surface area contributed by atoms with Crippen LogP contribution < -0.4 is 10.0 Å². The first-order valence-electron chi connectivity index (χ1n) is 9.92. The van der Waals surface area contributed by atoms with Crippen molar-refractivity contribution in [1.29, 1.82) is 0 Å². The Morgan fingerprint density at radius 1 is 1.14 bits per heavy atom. The molecule has 0 saturated heterocycles. The molecule has 160 valence electrons. The fourth-order valence-electron chi connectivity index (χ4n) is 5.72. The van der Waals surface area contributed by atoms with Gasteiger partial charge in [-0.05, 0) is 75.8 Å². The van der Waals surface area contributed by atoms with E-state index in [1.807, 2.05) is 0 Å². The third-order valence-corrected chi connectivity index (χ3v) is 8.39. The molecule has 0 heterocycles. The van der Waals surface area contributed by atoms with Crippen LogP contribution in [0.5, 0.6) is 0 Å². The Balaban J connectivity index is 1.50. The fraction of sp³-hybridized carbons (Fsp3) is 0.650. The summed E-state index contributed by atoms with van der Waals surface area (Å²) in [7, 11) is -4.60. The molecule has 4 bridgehead atoms. The van der Waals surface area contributed by atoms with Crippen LogP contribution in [0.3, 0.4) is 0 Å². The van der Waals surface area contributed by atoms with E-state index in [0.717, 1.165) is 37.5 Å². The van der Waals surface area contributed by atoms with Gasteiger partial charge in [0.2, 0.25) is 15.9 Å². The third-order valence-electron chi connectivity index (χ3n) is 6.68. The zero-order valence-corrected chi connectivity index (χ0v) is 17.2. The molecule has 5 rings (SSSR count). The number of carbonyl (C=O) groups excluding carboxylic acids is 1. The average Bonchev–Trinajstić information content (AvgIpc) is 2.55. The second kappa shape index (κ2) is 6.72. The maximum Gasteiger partial charge on any atom is 0.247 e. The third kappa shape index (κ3) is 3.68. The molecule has 9 heteroatoms. The molecule has 1 aromatic carbocycles. The van der Waals surface area contributed by atoms with Gasteiger partial charge in [-0.3, -0.25) is 4.79 Å². The quantitative estimate of drug-likeness (QED) is 0.669. The van der Waals surface area contributed by atoms with Crippen LogP contribution in [0.15, 0.2) is 23.1 Å². The number of halogens is 2. The average molecular weight is 429 g/mol. The molecule has 0 radical (unpaired) electrons. The van der Waals surface area contributed by atoms with Crippen molar-refractivity contribution >= 4 is 15.9 Å². The summed E-state index contributed by atoms with van der Waals surface area (Å²) in [6, 6.07) is 2.64. The standard InChI is InChI=1S/C20H26F2N2O4S/c1-19(2,24-29(27,28)17-14(21)4-3-5-15(17)22)18(25)23-16-12-6-11-7-13(16)10-20(26,8-11)9-12/h3-5,11-13,16,24,26H,6-10H2,1-2H3,(H,23,25). The Morgan fingerprint density at radius 2 is 1.69 bits per heavy atom. The number of carbonyl (C=O) groups is 1. The van der Waals surface area contributed by atoms with E-state index in [-0.39, 0.29) is 17.9 Å². The van der Waals surface area contributed by atoms with Gasteiger partial charge in [-0.15, -0.1) is 0 Å². The van der Waals surface area contributed by atoms with E-state index >= 15 is 0 Å². The number of amides is 1. The molecule has 0 aliphatic heterocycles. The van der Waals surface area contributed by atoms with Gasteiger partial charge in [-0.1, -0.05) is 6.07 Å². The molecule has 0 spiro atoms. The molecule has 1 aromatic rings. The Labute approximate surface area is 169 Å². The van der Waals surface area contributed by atoms with Gasteiger partial charge in [0.1, 0.15) is 17.2 Å². The van der Waals surface area contributed by atoms with Crippen LogP contribution in [0.2, 0.25) is 0 Å². The normalized spacial score (nSPS) is 33.7. The number of sulfonamides is 1. The zero-order chi connectivity index (χ0) is 21.2. The molecule has 1 amide bonds. The van der Waals surface area contributed by atoms with E-state index in [0.29, 0.717) is 18.8 Å². The van der Waals surface area contributed by atoms with E-state index < -0.39 is 43.6 Å². The van der Waals surface area contributed by atoms with Gasteiger partial charge in [0.25, 0.3) is 0 Å². The van der Waals surface area contributed by atoms with Crippen LogP contribution in [0, 0.1) is 29.4 Å². The van der Waals surface area contributed by atoms with Gasteiger partial charge >= 0.3 is 0 Å². The Hall–Kier alpha value is -1.58. The van der Waals surface area contributed by atoms with Gasteiger partial charge in [0.05, 0.1) is 5.60 Å². The molecule has 0 aromatic heterocycles. The number of benzene rings is 1. The first-order valence-corrected chi connectivity index (χ1v) is 11.4. The predicted molar refractivity (Wildman–Crippen MR) is 101 cm³/mol. The van der Waals surface area contributed by atoms with E-state index in [1.54, 1.807) is 0 Å². The van der Waals surface area contributed by atoms with Crippen LogP contribution in [0.25, 0.3) is 0 Å². The molecule has 6 nitrogen and oxygen atoms in total. The minimum absolute atomic E-state index is 0.131. The molecule has 2 atom stereocenters. The molecule has 4 aliphatic carbocycles. The highest BCUT2D eigenvalue weighted by Gasteiger charge is 2.55. The summed E-state index contributed by atoms with van der Waals surface area (Å²) in [5.41, 5.74) is -2.25. The number of nitrogens with one attached hydrogen (secondary N) is 2. The lowest BCUT2D eigenvalue weighted by Crippen LogP contribution is -2.65. The summed E-state index contributed by atoms with van der Waals surface area (Å²) in [5.74, 6) is -2.20. The van der Waals surface area contributed by atoms with Crippen LogP contribution in [0.4, 0.5) is 8.78 Å². The second-order valence-corrected chi connectivity index (χ2v) is 11.1. The van der Waals surface area contributed by atoms with E-state index in [9.17, 15) is 27.1 Å². The first kappa shape index (κ1) is 20.7. The highest BCUT2D eigenvalue weighted by atomic mass is 32.2. The van der Waals surface area contributed by atoms with Crippen LogP contribution in [0.1, 0.15) is 46.0 Å². The van der Waals surface area contributed by atoms with Crippen LogP contribution >= 0.6 is 0 Å². The second-order valence-electron chi connectivity index (χ2n) is 9.47. The molecule has 4 fully saturated rings. The molecular formula is C20H26F2N2O4S. The van der Waals surface area contributed by atoms with Gasteiger partial charge in [-0.2, -0.15) is 4.72 Å². The van der Waals surface area contributed by atoms with Crippen molar-refractivity contribution in [3.8, 4) is 0 Å². The monoisotopic (exact) mass is 428 g/mol. The summed E-state index contributed by atoms with van der Waals surface area (Å²) >= 11 is 0.